The van der Waals surface area contributed by atoms with Crippen molar-refractivity contribution >= 4 is 45.5 Å². The van der Waals surface area contributed by atoms with Crippen molar-refractivity contribution in [3.05, 3.63) is 49.2 Å². The number of nitrogens with one attached hydrogen (secondary N) is 1. The lowest BCUT2D eigenvalue weighted by Crippen LogP contribution is -2.11. The number of benzene rings is 1. The molecule has 0 bridgehead atoms. The maximum absolute atomic E-state index is 11.9. The highest BCUT2D eigenvalue weighted by molar-refractivity contribution is 14.1. The van der Waals surface area contributed by atoms with Crippen molar-refractivity contribution in [2.75, 3.05) is 5.32 Å². The van der Waals surface area contributed by atoms with Crippen LogP contribution in [0.4, 0.5) is 5.69 Å². The summed E-state index contributed by atoms with van der Waals surface area (Å²) in [5.41, 5.74) is 3.16. The number of carbonyl (C=O) groups is 1. The third kappa shape index (κ3) is 2.87. The molecule has 0 aliphatic rings. The summed E-state index contributed by atoms with van der Waals surface area (Å²) < 4.78 is 1.22. The minimum Gasteiger partial charge on any atom is -0.321 e. The van der Waals surface area contributed by atoms with Crippen molar-refractivity contribution in [2.24, 2.45) is 0 Å². The van der Waals surface area contributed by atoms with E-state index in [9.17, 15) is 4.79 Å². The summed E-state index contributed by atoms with van der Waals surface area (Å²) in [6.45, 7) is 4.05. The molecule has 0 unspecified atom stereocenters. The van der Waals surface area contributed by atoms with Gasteiger partial charge in [-0.15, -0.1) is 11.3 Å². The van der Waals surface area contributed by atoms with Crippen molar-refractivity contribution in [2.45, 2.75) is 13.8 Å². The van der Waals surface area contributed by atoms with E-state index in [0.29, 0.717) is 0 Å². The Kier molecular flexibility index (Phi) is 3.83. The van der Waals surface area contributed by atoms with Crippen LogP contribution >= 0.6 is 33.9 Å². The molecule has 0 radical (unpaired) electrons. The predicted molar refractivity (Wildman–Crippen MR) is 80.9 cm³/mol. The molecule has 1 heterocycles. The maximum Gasteiger partial charge on any atom is 0.265 e. The quantitative estimate of drug-likeness (QED) is 0.801. The largest absolute Gasteiger partial charge is 0.321 e. The van der Waals surface area contributed by atoms with Crippen LogP contribution in [0.15, 0.2) is 29.6 Å². The van der Waals surface area contributed by atoms with E-state index in [4.69, 9.17) is 0 Å². The lowest BCUT2D eigenvalue weighted by atomic mass is 10.1. The molecule has 88 valence electrons. The van der Waals surface area contributed by atoms with E-state index in [2.05, 4.69) is 34.0 Å². The highest BCUT2D eigenvalue weighted by atomic mass is 127. The number of aryl methyl sites for hydroxylation is 2. The zero-order valence-corrected chi connectivity index (χ0v) is 12.6. The zero-order valence-electron chi connectivity index (χ0n) is 9.58. The first-order valence-electron chi connectivity index (χ1n) is 5.19. The van der Waals surface area contributed by atoms with E-state index in [0.717, 1.165) is 16.1 Å². The molecule has 0 atom stereocenters. The van der Waals surface area contributed by atoms with Gasteiger partial charge >= 0.3 is 0 Å². The Morgan fingerprint density at radius 1 is 1.29 bits per heavy atom. The molecule has 1 aromatic heterocycles. The fourth-order valence-electron chi connectivity index (χ4n) is 1.51. The summed E-state index contributed by atoms with van der Waals surface area (Å²) >= 11 is 3.75. The summed E-state index contributed by atoms with van der Waals surface area (Å²) in [5, 5.41) is 4.85. The molecule has 2 aromatic rings. The highest BCUT2D eigenvalue weighted by Gasteiger charge is 2.09. The maximum atomic E-state index is 11.9. The fourth-order valence-corrected chi connectivity index (χ4v) is 2.75. The van der Waals surface area contributed by atoms with Gasteiger partial charge in [0.1, 0.15) is 0 Å². The molecule has 0 saturated heterocycles. The molecule has 0 aliphatic carbocycles. The van der Waals surface area contributed by atoms with E-state index in [1.54, 1.807) is 0 Å². The first-order chi connectivity index (χ1) is 8.08. The molecule has 0 aliphatic heterocycles. The number of amides is 1. The second-order valence-electron chi connectivity index (χ2n) is 3.85. The lowest BCUT2D eigenvalue weighted by Gasteiger charge is -2.10. The Morgan fingerprint density at radius 3 is 2.71 bits per heavy atom. The summed E-state index contributed by atoms with van der Waals surface area (Å²) in [4.78, 5) is 12.7. The number of anilines is 1. The first kappa shape index (κ1) is 12.6. The van der Waals surface area contributed by atoms with Gasteiger partial charge < -0.3 is 5.32 Å². The molecule has 0 fully saturated rings. The second kappa shape index (κ2) is 5.18. The SMILES string of the molecule is Cc1cc(NC(=O)c2cccs2)c(C)cc1I. The van der Waals surface area contributed by atoms with Gasteiger partial charge in [-0.25, -0.2) is 0 Å². The van der Waals surface area contributed by atoms with Gasteiger partial charge in [-0.1, -0.05) is 6.07 Å². The number of halogens is 1. The third-order valence-electron chi connectivity index (χ3n) is 2.50. The fraction of sp³-hybridized carbons (Fsp3) is 0.154. The summed E-state index contributed by atoms with van der Waals surface area (Å²) in [5.74, 6) is -0.0382. The van der Waals surface area contributed by atoms with Gasteiger partial charge in [0.05, 0.1) is 4.88 Å². The highest BCUT2D eigenvalue weighted by Crippen LogP contribution is 2.23. The van der Waals surface area contributed by atoms with Gasteiger partial charge in [-0.2, -0.15) is 0 Å². The molecule has 1 N–H and O–H groups in total. The molecular weight excluding hydrogens is 345 g/mol. The van der Waals surface area contributed by atoms with E-state index < -0.39 is 0 Å². The van der Waals surface area contributed by atoms with Gasteiger partial charge in [0.25, 0.3) is 5.91 Å². The second-order valence-corrected chi connectivity index (χ2v) is 5.96. The summed E-state index contributed by atoms with van der Waals surface area (Å²) in [6, 6.07) is 7.81. The first-order valence-corrected chi connectivity index (χ1v) is 7.15. The number of carbonyl (C=O) groups excluding carboxylic acids is 1. The number of thiophene rings is 1. The molecule has 0 saturated carbocycles. The van der Waals surface area contributed by atoms with Crippen LogP contribution in [-0.4, -0.2) is 5.91 Å². The molecule has 4 heteroatoms. The molecule has 2 rings (SSSR count). The number of hydrogen-bond donors (Lipinski definition) is 1. The van der Waals surface area contributed by atoms with Crippen molar-refractivity contribution in [3.63, 3.8) is 0 Å². The zero-order chi connectivity index (χ0) is 12.4. The van der Waals surface area contributed by atoms with Crippen LogP contribution in [-0.2, 0) is 0 Å². The van der Waals surface area contributed by atoms with Crippen LogP contribution in [0.1, 0.15) is 20.8 Å². The van der Waals surface area contributed by atoms with E-state index in [1.165, 1.54) is 20.5 Å². The monoisotopic (exact) mass is 357 g/mol. The average Bonchev–Trinajstić information content (AvgIpc) is 2.79. The van der Waals surface area contributed by atoms with Gasteiger partial charge in [0.15, 0.2) is 0 Å². The third-order valence-corrected chi connectivity index (χ3v) is 4.53. The molecule has 1 amide bonds. The standard InChI is InChI=1S/C13H12INOS/c1-8-7-11(9(2)6-10(8)14)15-13(16)12-4-3-5-17-12/h3-7H,1-2H3,(H,15,16). The Labute approximate surface area is 118 Å². The molecular formula is C13H12INOS. The van der Waals surface area contributed by atoms with Crippen molar-refractivity contribution in [1.29, 1.82) is 0 Å². The number of rotatable bonds is 2. The van der Waals surface area contributed by atoms with Crippen LogP contribution in [0, 0.1) is 17.4 Å². The van der Waals surface area contributed by atoms with Gasteiger partial charge in [0, 0.05) is 9.26 Å². The predicted octanol–water partition coefficient (Wildman–Crippen LogP) is 4.22. The van der Waals surface area contributed by atoms with Crippen LogP contribution < -0.4 is 5.32 Å². The minimum atomic E-state index is -0.0382. The van der Waals surface area contributed by atoms with E-state index in [1.807, 2.05) is 37.4 Å². The lowest BCUT2D eigenvalue weighted by molar-refractivity contribution is 0.103. The van der Waals surface area contributed by atoms with Crippen LogP contribution in [0.25, 0.3) is 0 Å². The van der Waals surface area contributed by atoms with Crippen LogP contribution in [0.3, 0.4) is 0 Å². The van der Waals surface area contributed by atoms with E-state index in [-0.39, 0.29) is 5.91 Å². The molecule has 0 spiro atoms. The topological polar surface area (TPSA) is 29.1 Å². The van der Waals surface area contributed by atoms with Crippen molar-refractivity contribution in [3.8, 4) is 0 Å². The van der Waals surface area contributed by atoms with Gasteiger partial charge in [-0.05, 0) is 71.1 Å². The average molecular weight is 357 g/mol. The molecule has 17 heavy (non-hydrogen) atoms. The smallest absolute Gasteiger partial charge is 0.265 e. The Hall–Kier alpha value is -0.880. The minimum absolute atomic E-state index is 0.0382. The Balaban J connectivity index is 2.25. The number of hydrogen-bond acceptors (Lipinski definition) is 2. The van der Waals surface area contributed by atoms with Gasteiger partial charge in [0.2, 0.25) is 0 Å². The van der Waals surface area contributed by atoms with Crippen molar-refractivity contribution < 1.29 is 4.79 Å². The summed E-state index contributed by atoms with van der Waals surface area (Å²) in [7, 11) is 0. The molecule has 2 nitrogen and oxygen atoms in total. The normalized spacial score (nSPS) is 10.3. The van der Waals surface area contributed by atoms with Crippen LogP contribution in [0.2, 0.25) is 0 Å². The molecule has 1 aromatic carbocycles. The van der Waals surface area contributed by atoms with Crippen LogP contribution in [0.5, 0.6) is 0 Å². The Morgan fingerprint density at radius 2 is 2.06 bits per heavy atom. The Bertz CT molecular complexity index is 549. The van der Waals surface area contributed by atoms with E-state index >= 15 is 0 Å². The van der Waals surface area contributed by atoms with Gasteiger partial charge in [-0.3, -0.25) is 4.79 Å². The van der Waals surface area contributed by atoms with Crippen molar-refractivity contribution in [1.82, 2.24) is 0 Å². The summed E-state index contributed by atoms with van der Waals surface area (Å²) in [6.07, 6.45) is 0.